The van der Waals surface area contributed by atoms with Crippen LogP contribution >= 0.6 is 0 Å². The Bertz CT molecular complexity index is 336. The van der Waals surface area contributed by atoms with Crippen molar-refractivity contribution in [1.29, 1.82) is 0 Å². The van der Waals surface area contributed by atoms with Crippen molar-refractivity contribution in [2.24, 2.45) is 5.73 Å². The molecule has 0 spiro atoms. The predicted octanol–water partition coefficient (Wildman–Crippen LogP) is 0.889. The quantitative estimate of drug-likeness (QED) is 0.705. The summed E-state index contributed by atoms with van der Waals surface area (Å²) in [6.07, 6.45) is 6.16. The summed E-state index contributed by atoms with van der Waals surface area (Å²) >= 11 is 0. The largest absolute Gasteiger partial charge is 0.330 e. The Hall–Kier alpha value is -0.830. The van der Waals surface area contributed by atoms with E-state index in [1.165, 1.54) is 49.1 Å². The highest BCUT2D eigenvalue weighted by Gasteiger charge is 2.47. The molecule has 0 unspecified atom stereocenters. The lowest BCUT2D eigenvalue weighted by Gasteiger charge is -2.09. The SMILES string of the molecule is NCC1(c2n[nH]c3c2CCC3)CC1. The minimum atomic E-state index is 0.272. The number of fused-ring (bicyclic) bond motifs is 1. The molecule has 3 heteroatoms. The van der Waals surface area contributed by atoms with Crippen LogP contribution in [-0.2, 0) is 18.3 Å². The highest BCUT2D eigenvalue weighted by atomic mass is 15.1. The van der Waals surface area contributed by atoms with Crippen molar-refractivity contribution in [2.45, 2.75) is 37.5 Å². The molecular weight excluding hydrogens is 162 g/mol. The third-order valence-corrected chi connectivity index (χ3v) is 3.55. The van der Waals surface area contributed by atoms with Crippen LogP contribution in [-0.4, -0.2) is 16.7 Å². The van der Waals surface area contributed by atoms with Crippen molar-refractivity contribution < 1.29 is 0 Å². The first-order valence-corrected chi connectivity index (χ1v) is 5.12. The van der Waals surface area contributed by atoms with Gasteiger partial charge in [-0.25, -0.2) is 0 Å². The van der Waals surface area contributed by atoms with Crippen LogP contribution in [0.1, 0.15) is 36.2 Å². The Morgan fingerprint density at radius 1 is 1.38 bits per heavy atom. The van der Waals surface area contributed by atoms with Crippen molar-refractivity contribution in [3.8, 4) is 0 Å². The van der Waals surface area contributed by atoms with Crippen LogP contribution in [0.4, 0.5) is 0 Å². The van der Waals surface area contributed by atoms with Crippen LogP contribution in [0.15, 0.2) is 0 Å². The molecular formula is C10H15N3. The second kappa shape index (κ2) is 2.35. The van der Waals surface area contributed by atoms with Gasteiger partial charge in [0.1, 0.15) is 0 Å². The van der Waals surface area contributed by atoms with Gasteiger partial charge < -0.3 is 5.73 Å². The number of hydrogen-bond donors (Lipinski definition) is 2. The number of aryl methyl sites for hydroxylation is 1. The van der Waals surface area contributed by atoms with Gasteiger partial charge in [0, 0.05) is 17.7 Å². The molecule has 3 nitrogen and oxygen atoms in total. The van der Waals surface area contributed by atoms with E-state index in [-0.39, 0.29) is 5.41 Å². The predicted molar refractivity (Wildman–Crippen MR) is 50.6 cm³/mol. The molecule has 1 aromatic heterocycles. The molecule has 0 aliphatic heterocycles. The zero-order valence-corrected chi connectivity index (χ0v) is 7.77. The monoisotopic (exact) mass is 177 g/mol. The van der Waals surface area contributed by atoms with Gasteiger partial charge in [-0.05, 0) is 37.7 Å². The van der Waals surface area contributed by atoms with Gasteiger partial charge in [-0.2, -0.15) is 5.10 Å². The third-order valence-electron chi connectivity index (χ3n) is 3.55. The molecule has 2 aliphatic rings. The number of aromatic amines is 1. The maximum Gasteiger partial charge on any atom is 0.0731 e. The van der Waals surface area contributed by atoms with Crippen LogP contribution in [0, 0.1) is 0 Å². The van der Waals surface area contributed by atoms with E-state index in [9.17, 15) is 0 Å². The van der Waals surface area contributed by atoms with E-state index in [1.807, 2.05) is 0 Å². The smallest absolute Gasteiger partial charge is 0.0731 e. The molecule has 13 heavy (non-hydrogen) atoms. The summed E-state index contributed by atoms with van der Waals surface area (Å²) in [5.41, 5.74) is 10.2. The van der Waals surface area contributed by atoms with Crippen LogP contribution in [0.3, 0.4) is 0 Å². The standard InChI is InChI=1S/C10H15N3/c11-6-10(4-5-10)9-7-2-1-3-8(7)12-13-9/h1-6,11H2,(H,12,13). The van der Waals surface area contributed by atoms with Crippen LogP contribution in [0.2, 0.25) is 0 Å². The van der Waals surface area contributed by atoms with Crippen molar-refractivity contribution >= 4 is 0 Å². The highest BCUT2D eigenvalue weighted by molar-refractivity contribution is 5.38. The second-order valence-electron chi connectivity index (χ2n) is 4.37. The van der Waals surface area contributed by atoms with Crippen molar-refractivity contribution in [3.63, 3.8) is 0 Å². The van der Waals surface area contributed by atoms with Gasteiger partial charge in [0.25, 0.3) is 0 Å². The average Bonchev–Trinajstić information content (AvgIpc) is 2.62. The normalized spacial score (nSPS) is 23.2. The second-order valence-corrected chi connectivity index (χ2v) is 4.37. The lowest BCUT2D eigenvalue weighted by Crippen LogP contribution is -2.21. The van der Waals surface area contributed by atoms with Gasteiger partial charge in [-0.3, -0.25) is 5.10 Å². The van der Waals surface area contributed by atoms with E-state index in [0.717, 1.165) is 6.54 Å². The molecule has 0 bridgehead atoms. The van der Waals surface area contributed by atoms with E-state index >= 15 is 0 Å². The van der Waals surface area contributed by atoms with E-state index in [4.69, 9.17) is 5.73 Å². The molecule has 1 fully saturated rings. The summed E-state index contributed by atoms with van der Waals surface area (Å²) in [5, 5.41) is 7.60. The van der Waals surface area contributed by atoms with Gasteiger partial charge >= 0.3 is 0 Å². The molecule has 70 valence electrons. The molecule has 3 N–H and O–H groups in total. The zero-order valence-electron chi connectivity index (χ0n) is 7.77. The number of hydrogen-bond acceptors (Lipinski definition) is 2. The van der Waals surface area contributed by atoms with Gasteiger partial charge in [-0.15, -0.1) is 0 Å². The number of aromatic nitrogens is 2. The topological polar surface area (TPSA) is 54.7 Å². The molecule has 0 saturated heterocycles. The number of H-pyrrole nitrogens is 1. The summed E-state index contributed by atoms with van der Waals surface area (Å²) in [5.74, 6) is 0. The summed E-state index contributed by atoms with van der Waals surface area (Å²) < 4.78 is 0. The van der Waals surface area contributed by atoms with Gasteiger partial charge in [0.15, 0.2) is 0 Å². The fourth-order valence-corrected chi connectivity index (χ4v) is 2.45. The minimum absolute atomic E-state index is 0.272. The van der Waals surface area contributed by atoms with Crippen LogP contribution in [0.25, 0.3) is 0 Å². The summed E-state index contributed by atoms with van der Waals surface area (Å²) in [6, 6.07) is 0. The fraction of sp³-hybridized carbons (Fsp3) is 0.700. The van der Waals surface area contributed by atoms with Gasteiger partial charge in [-0.1, -0.05) is 0 Å². The lowest BCUT2D eigenvalue weighted by atomic mass is 9.98. The Balaban J connectivity index is 2.05. The van der Waals surface area contributed by atoms with E-state index in [0.29, 0.717) is 0 Å². The molecule has 1 saturated carbocycles. The molecule has 0 aromatic carbocycles. The van der Waals surface area contributed by atoms with E-state index in [2.05, 4.69) is 10.2 Å². The molecule has 0 atom stereocenters. The molecule has 0 radical (unpaired) electrons. The first kappa shape index (κ1) is 7.56. The van der Waals surface area contributed by atoms with E-state index in [1.54, 1.807) is 0 Å². The Morgan fingerprint density at radius 2 is 2.23 bits per heavy atom. The number of nitrogens with zero attached hydrogens (tertiary/aromatic N) is 1. The first-order chi connectivity index (χ1) is 6.36. The maximum atomic E-state index is 5.80. The number of nitrogens with one attached hydrogen (secondary N) is 1. The molecule has 1 aromatic rings. The fourth-order valence-electron chi connectivity index (χ4n) is 2.45. The summed E-state index contributed by atoms with van der Waals surface area (Å²) in [4.78, 5) is 0. The van der Waals surface area contributed by atoms with E-state index < -0.39 is 0 Å². The van der Waals surface area contributed by atoms with Crippen molar-refractivity contribution in [1.82, 2.24) is 10.2 Å². The summed E-state index contributed by atoms with van der Waals surface area (Å²) in [7, 11) is 0. The highest BCUT2D eigenvalue weighted by Crippen LogP contribution is 2.48. The van der Waals surface area contributed by atoms with Gasteiger partial charge in [0.05, 0.1) is 5.69 Å². The Labute approximate surface area is 77.7 Å². The number of rotatable bonds is 2. The number of nitrogens with two attached hydrogens (primary N) is 1. The molecule has 1 heterocycles. The van der Waals surface area contributed by atoms with Crippen molar-refractivity contribution in [2.75, 3.05) is 6.54 Å². The Kier molecular flexibility index (Phi) is 1.37. The summed E-state index contributed by atoms with van der Waals surface area (Å²) in [6.45, 7) is 0.768. The van der Waals surface area contributed by atoms with Gasteiger partial charge in [0.2, 0.25) is 0 Å². The third kappa shape index (κ3) is 0.908. The Morgan fingerprint density at radius 3 is 2.92 bits per heavy atom. The van der Waals surface area contributed by atoms with Crippen LogP contribution in [0.5, 0.6) is 0 Å². The maximum absolute atomic E-state index is 5.80. The lowest BCUT2D eigenvalue weighted by molar-refractivity contribution is 0.661. The first-order valence-electron chi connectivity index (χ1n) is 5.12. The van der Waals surface area contributed by atoms with Crippen LogP contribution < -0.4 is 5.73 Å². The average molecular weight is 177 g/mol. The molecule has 0 amide bonds. The molecule has 3 rings (SSSR count). The molecule has 2 aliphatic carbocycles. The zero-order chi connectivity index (χ0) is 8.89. The van der Waals surface area contributed by atoms with Crippen molar-refractivity contribution in [3.05, 3.63) is 17.0 Å². The minimum Gasteiger partial charge on any atom is -0.330 e.